The lowest BCUT2D eigenvalue weighted by molar-refractivity contribution is -0.384. The minimum absolute atomic E-state index is 0.0986. The molecular weight excluding hydrogens is 292 g/mol. The van der Waals surface area contributed by atoms with Crippen LogP contribution in [0.25, 0.3) is 0 Å². The van der Waals surface area contributed by atoms with E-state index in [1.807, 2.05) is 0 Å². The number of hydrogen-bond acceptors (Lipinski definition) is 5. The van der Waals surface area contributed by atoms with Crippen LogP contribution >= 0.6 is 0 Å². The van der Waals surface area contributed by atoms with Crippen LogP contribution in [0.15, 0.2) is 18.2 Å². The standard InChI is InChI=1S/C14H16N2O6/c1-9-6-10(16(20)21)2-3-11(9)13(19)15-14(7-12(17)18)4-5-22-8-14/h2-3,6H,4-5,7-8H2,1H3,(H,15,19)(H,17,18). The number of carboxylic acids is 1. The largest absolute Gasteiger partial charge is 0.481 e. The number of nitrogens with zero attached hydrogens (tertiary/aromatic N) is 1. The van der Waals surface area contributed by atoms with Gasteiger partial charge in [-0.25, -0.2) is 0 Å². The lowest BCUT2D eigenvalue weighted by Crippen LogP contribution is -2.50. The topological polar surface area (TPSA) is 119 Å². The highest BCUT2D eigenvalue weighted by atomic mass is 16.6. The second-order valence-corrected chi connectivity index (χ2v) is 5.36. The van der Waals surface area contributed by atoms with E-state index in [0.717, 1.165) is 0 Å². The monoisotopic (exact) mass is 308 g/mol. The van der Waals surface area contributed by atoms with Gasteiger partial charge in [0, 0.05) is 24.3 Å². The number of rotatable bonds is 5. The maximum absolute atomic E-state index is 12.4. The number of non-ortho nitro benzene ring substituents is 1. The van der Waals surface area contributed by atoms with Crippen molar-refractivity contribution in [2.45, 2.75) is 25.3 Å². The molecule has 1 unspecified atom stereocenters. The zero-order chi connectivity index (χ0) is 16.3. The molecule has 1 aliphatic rings. The summed E-state index contributed by atoms with van der Waals surface area (Å²) < 4.78 is 5.21. The first kappa shape index (κ1) is 15.9. The van der Waals surface area contributed by atoms with Crippen LogP contribution in [-0.4, -0.2) is 40.7 Å². The van der Waals surface area contributed by atoms with Gasteiger partial charge in [0.15, 0.2) is 0 Å². The van der Waals surface area contributed by atoms with Gasteiger partial charge < -0.3 is 15.2 Å². The summed E-state index contributed by atoms with van der Waals surface area (Å²) >= 11 is 0. The van der Waals surface area contributed by atoms with Crippen molar-refractivity contribution in [2.24, 2.45) is 0 Å². The molecule has 1 aliphatic heterocycles. The summed E-state index contributed by atoms with van der Waals surface area (Å²) in [6.45, 7) is 2.11. The summed E-state index contributed by atoms with van der Waals surface area (Å²) in [5.74, 6) is -1.48. The van der Waals surface area contributed by atoms with E-state index in [-0.39, 0.29) is 24.3 Å². The van der Waals surface area contributed by atoms with Gasteiger partial charge in [0.2, 0.25) is 0 Å². The van der Waals surface area contributed by atoms with Crippen LogP contribution in [0.1, 0.15) is 28.8 Å². The van der Waals surface area contributed by atoms with Crippen molar-refractivity contribution >= 4 is 17.6 Å². The summed E-state index contributed by atoms with van der Waals surface area (Å²) in [5.41, 5.74) is -0.297. The second-order valence-electron chi connectivity index (χ2n) is 5.36. The van der Waals surface area contributed by atoms with Crippen LogP contribution in [0.5, 0.6) is 0 Å². The highest BCUT2D eigenvalue weighted by molar-refractivity contribution is 5.96. The number of nitro benzene ring substituents is 1. The molecule has 1 aromatic rings. The fourth-order valence-electron chi connectivity index (χ4n) is 2.50. The van der Waals surface area contributed by atoms with Gasteiger partial charge >= 0.3 is 5.97 Å². The zero-order valence-corrected chi connectivity index (χ0v) is 12.0. The number of aryl methyl sites for hydroxylation is 1. The number of carbonyl (C=O) groups excluding carboxylic acids is 1. The summed E-state index contributed by atoms with van der Waals surface area (Å²) in [6, 6.07) is 3.92. The Bertz CT molecular complexity index is 622. The van der Waals surface area contributed by atoms with Crippen LogP contribution < -0.4 is 5.32 Å². The molecule has 8 heteroatoms. The van der Waals surface area contributed by atoms with Crippen molar-refractivity contribution in [1.29, 1.82) is 0 Å². The number of amides is 1. The Balaban J connectivity index is 2.20. The number of carboxylic acid groups (broad SMARTS) is 1. The Hall–Kier alpha value is -2.48. The van der Waals surface area contributed by atoms with Crippen molar-refractivity contribution in [1.82, 2.24) is 5.32 Å². The molecule has 0 saturated carbocycles. The summed E-state index contributed by atoms with van der Waals surface area (Å²) in [6.07, 6.45) is 0.182. The van der Waals surface area contributed by atoms with Crippen molar-refractivity contribution in [2.75, 3.05) is 13.2 Å². The molecule has 0 spiro atoms. The lowest BCUT2D eigenvalue weighted by atomic mass is 9.93. The van der Waals surface area contributed by atoms with Crippen molar-refractivity contribution in [3.8, 4) is 0 Å². The summed E-state index contributed by atoms with van der Waals surface area (Å²) in [4.78, 5) is 33.5. The van der Waals surface area contributed by atoms with E-state index in [0.29, 0.717) is 18.6 Å². The van der Waals surface area contributed by atoms with Crippen LogP contribution in [0, 0.1) is 17.0 Å². The molecular formula is C14H16N2O6. The highest BCUT2D eigenvalue weighted by Gasteiger charge is 2.39. The van der Waals surface area contributed by atoms with E-state index in [1.165, 1.54) is 18.2 Å². The molecule has 2 rings (SSSR count). The van der Waals surface area contributed by atoms with Gasteiger partial charge in [-0.2, -0.15) is 0 Å². The van der Waals surface area contributed by atoms with E-state index in [1.54, 1.807) is 6.92 Å². The van der Waals surface area contributed by atoms with Gasteiger partial charge in [0.05, 0.1) is 23.5 Å². The Kier molecular flexibility index (Phi) is 4.41. The Labute approximate surface area is 126 Å². The Morgan fingerprint density at radius 2 is 2.23 bits per heavy atom. The molecule has 0 aliphatic carbocycles. The number of nitro groups is 1. The molecule has 1 aromatic carbocycles. The summed E-state index contributed by atoms with van der Waals surface area (Å²) in [7, 11) is 0. The number of benzene rings is 1. The molecule has 118 valence electrons. The van der Waals surface area contributed by atoms with Gasteiger partial charge in [-0.3, -0.25) is 19.7 Å². The third-order valence-corrected chi connectivity index (χ3v) is 3.64. The highest BCUT2D eigenvalue weighted by Crippen LogP contribution is 2.24. The first-order valence-corrected chi connectivity index (χ1v) is 6.70. The number of nitrogens with one attached hydrogen (secondary N) is 1. The molecule has 2 N–H and O–H groups in total. The number of carbonyl (C=O) groups is 2. The molecule has 1 atom stereocenters. The molecule has 1 saturated heterocycles. The Morgan fingerprint density at radius 3 is 2.73 bits per heavy atom. The SMILES string of the molecule is Cc1cc([N+](=O)[O-])ccc1C(=O)NC1(CC(=O)O)CCOC1. The molecule has 0 radical (unpaired) electrons. The number of ether oxygens (including phenoxy) is 1. The van der Waals surface area contributed by atoms with Gasteiger partial charge in [0.25, 0.3) is 11.6 Å². The molecule has 0 bridgehead atoms. The predicted molar refractivity (Wildman–Crippen MR) is 75.7 cm³/mol. The molecule has 1 heterocycles. The van der Waals surface area contributed by atoms with Crippen molar-refractivity contribution in [3.05, 3.63) is 39.4 Å². The quantitative estimate of drug-likeness (QED) is 0.624. The van der Waals surface area contributed by atoms with Crippen LogP contribution in [0.2, 0.25) is 0 Å². The molecule has 1 amide bonds. The number of hydrogen-bond donors (Lipinski definition) is 2. The zero-order valence-electron chi connectivity index (χ0n) is 12.0. The third-order valence-electron chi connectivity index (χ3n) is 3.64. The fraction of sp³-hybridized carbons (Fsp3) is 0.429. The lowest BCUT2D eigenvalue weighted by Gasteiger charge is -2.27. The molecule has 1 fully saturated rings. The van der Waals surface area contributed by atoms with Gasteiger partial charge in [0.1, 0.15) is 0 Å². The average Bonchev–Trinajstić information content (AvgIpc) is 2.85. The van der Waals surface area contributed by atoms with Crippen LogP contribution in [-0.2, 0) is 9.53 Å². The van der Waals surface area contributed by atoms with Crippen molar-refractivity contribution < 1.29 is 24.4 Å². The number of aliphatic carboxylic acids is 1. The molecule has 22 heavy (non-hydrogen) atoms. The predicted octanol–water partition coefficient (Wildman–Crippen LogP) is 1.27. The van der Waals surface area contributed by atoms with Crippen molar-refractivity contribution in [3.63, 3.8) is 0 Å². The van der Waals surface area contributed by atoms with E-state index in [4.69, 9.17) is 9.84 Å². The normalized spacial score (nSPS) is 20.6. The summed E-state index contributed by atoms with van der Waals surface area (Å²) in [5, 5.41) is 22.4. The maximum Gasteiger partial charge on any atom is 0.305 e. The van der Waals surface area contributed by atoms with E-state index < -0.39 is 22.3 Å². The second kappa shape index (κ2) is 6.10. The first-order valence-electron chi connectivity index (χ1n) is 6.70. The fourth-order valence-corrected chi connectivity index (χ4v) is 2.50. The molecule has 8 nitrogen and oxygen atoms in total. The minimum atomic E-state index is -1.02. The van der Waals surface area contributed by atoms with Gasteiger partial charge in [-0.15, -0.1) is 0 Å². The van der Waals surface area contributed by atoms with Crippen LogP contribution in [0.4, 0.5) is 5.69 Å². The van der Waals surface area contributed by atoms with E-state index >= 15 is 0 Å². The maximum atomic E-state index is 12.4. The van der Waals surface area contributed by atoms with Gasteiger partial charge in [-0.1, -0.05) is 0 Å². The third kappa shape index (κ3) is 3.40. The average molecular weight is 308 g/mol. The van der Waals surface area contributed by atoms with Crippen LogP contribution in [0.3, 0.4) is 0 Å². The minimum Gasteiger partial charge on any atom is -0.481 e. The Morgan fingerprint density at radius 1 is 1.50 bits per heavy atom. The molecule has 0 aromatic heterocycles. The first-order chi connectivity index (χ1) is 10.3. The van der Waals surface area contributed by atoms with E-state index in [9.17, 15) is 19.7 Å². The smallest absolute Gasteiger partial charge is 0.305 e. The van der Waals surface area contributed by atoms with E-state index in [2.05, 4.69) is 5.32 Å². The van der Waals surface area contributed by atoms with Gasteiger partial charge in [-0.05, 0) is 25.0 Å².